The highest BCUT2D eigenvalue weighted by Crippen LogP contribution is 2.47. The Kier molecular flexibility index (Phi) is 7.30. The minimum atomic E-state index is -0.585. The van der Waals surface area contributed by atoms with Gasteiger partial charge in [-0.3, -0.25) is 4.79 Å². The highest BCUT2D eigenvalue weighted by atomic mass is 16.5. The summed E-state index contributed by atoms with van der Waals surface area (Å²) in [4.78, 5) is 14.3. The number of hydrogen-bond acceptors (Lipinski definition) is 8. The fourth-order valence-electron chi connectivity index (χ4n) is 4.63. The Hall–Kier alpha value is -4.58. The SMILES string of the molecule is COc1ccc(/C=C2\CN(C(C)=O)CC3=C2OC(N)=C(C#N)C3c2ccc(OC)cc2OC)c(OC)c1. The Morgan fingerprint density at radius 1 is 1.03 bits per heavy atom. The second-order valence-corrected chi connectivity index (χ2v) is 8.54. The molecule has 2 aromatic rings. The maximum absolute atomic E-state index is 12.6. The topological polar surface area (TPSA) is 116 Å². The van der Waals surface area contributed by atoms with E-state index in [1.54, 1.807) is 51.5 Å². The zero-order valence-corrected chi connectivity index (χ0v) is 21.5. The molecule has 0 saturated carbocycles. The van der Waals surface area contributed by atoms with E-state index in [0.717, 1.165) is 16.7 Å². The molecule has 0 bridgehead atoms. The number of ether oxygens (including phenoxy) is 5. The Morgan fingerprint density at radius 3 is 2.27 bits per heavy atom. The normalized spacial score (nSPS) is 18.1. The van der Waals surface area contributed by atoms with Gasteiger partial charge in [0.05, 0.1) is 34.4 Å². The van der Waals surface area contributed by atoms with Crippen molar-refractivity contribution in [3.63, 3.8) is 0 Å². The van der Waals surface area contributed by atoms with Crippen molar-refractivity contribution in [2.45, 2.75) is 12.8 Å². The monoisotopic (exact) mass is 503 g/mol. The summed E-state index contributed by atoms with van der Waals surface area (Å²) in [5.74, 6) is 2.22. The molecule has 0 aromatic heterocycles. The first-order valence-corrected chi connectivity index (χ1v) is 11.6. The number of rotatable bonds is 6. The molecule has 0 spiro atoms. The smallest absolute Gasteiger partial charge is 0.220 e. The zero-order valence-electron chi connectivity index (χ0n) is 21.5. The Labute approximate surface area is 215 Å². The van der Waals surface area contributed by atoms with Crippen molar-refractivity contribution >= 4 is 12.0 Å². The van der Waals surface area contributed by atoms with Crippen molar-refractivity contribution in [1.82, 2.24) is 4.90 Å². The molecule has 2 aliphatic rings. The van der Waals surface area contributed by atoms with E-state index < -0.39 is 5.92 Å². The molecule has 1 unspecified atom stereocenters. The van der Waals surface area contributed by atoms with Crippen molar-refractivity contribution in [2.24, 2.45) is 5.73 Å². The van der Waals surface area contributed by atoms with Gasteiger partial charge in [0.2, 0.25) is 11.8 Å². The van der Waals surface area contributed by atoms with Crippen molar-refractivity contribution in [2.75, 3.05) is 41.5 Å². The van der Waals surface area contributed by atoms with E-state index in [4.69, 9.17) is 29.4 Å². The van der Waals surface area contributed by atoms with Crippen LogP contribution in [0.2, 0.25) is 0 Å². The Balaban J connectivity index is 1.94. The van der Waals surface area contributed by atoms with Gasteiger partial charge in [0.1, 0.15) is 40.4 Å². The molecule has 0 saturated heterocycles. The summed E-state index contributed by atoms with van der Waals surface area (Å²) in [7, 11) is 6.28. The fraction of sp³-hybridized carbons (Fsp3) is 0.286. The van der Waals surface area contributed by atoms with Gasteiger partial charge in [0, 0.05) is 54.4 Å². The van der Waals surface area contributed by atoms with Crippen molar-refractivity contribution in [1.29, 1.82) is 5.26 Å². The van der Waals surface area contributed by atoms with E-state index in [-0.39, 0.29) is 23.9 Å². The number of carbonyl (C=O) groups is 1. The first-order valence-electron chi connectivity index (χ1n) is 11.6. The summed E-state index contributed by atoms with van der Waals surface area (Å²) in [5.41, 5.74) is 9.48. The minimum Gasteiger partial charge on any atom is -0.497 e. The molecule has 4 rings (SSSR count). The van der Waals surface area contributed by atoms with E-state index in [2.05, 4.69) is 6.07 Å². The van der Waals surface area contributed by atoms with Crippen LogP contribution >= 0.6 is 0 Å². The van der Waals surface area contributed by atoms with E-state index >= 15 is 0 Å². The molecule has 0 aliphatic carbocycles. The molecule has 2 aliphatic heterocycles. The van der Waals surface area contributed by atoms with Crippen LogP contribution in [-0.4, -0.2) is 52.3 Å². The van der Waals surface area contributed by atoms with Gasteiger partial charge in [-0.15, -0.1) is 0 Å². The standard InChI is InChI=1S/C28H29N3O6/c1-16(32)31-14-18(10-17-6-7-19(33-2)11-24(17)35-4)27-23(15-31)26(22(13-29)28(30)37-27)21-9-8-20(34-3)12-25(21)36-5/h6-12,26H,14-15,30H2,1-5H3/b18-10+. The lowest BCUT2D eigenvalue weighted by Crippen LogP contribution is -2.40. The van der Waals surface area contributed by atoms with Crippen molar-refractivity contribution in [3.05, 3.63) is 75.9 Å². The second kappa shape index (κ2) is 10.6. The first-order chi connectivity index (χ1) is 17.8. The fourth-order valence-corrected chi connectivity index (χ4v) is 4.63. The van der Waals surface area contributed by atoms with E-state index in [1.165, 1.54) is 6.92 Å². The van der Waals surface area contributed by atoms with Crippen LogP contribution in [0.3, 0.4) is 0 Å². The van der Waals surface area contributed by atoms with Crippen molar-refractivity contribution in [3.8, 4) is 29.1 Å². The molecule has 192 valence electrons. The quantitative estimate of drug-likeness (QED) is 0.634. The number of nitriles is 1. The third-order valence-electron chi connectivity index (χ3n) is 6.51. The largest absolute Gasteiger partial charge is 0.497 e. The van der Waals surface area contributed by atoms with Gasteiger partial charge in [-0.1, -0.05) is 6.07 Å². The molecule has 2 heterocycles. The number of nitrogens with zero attached hydrogens (tertiary/aromatic N) is 2. The van der Waals surface area contributed by atoms with E-state index in [1.807, 2.05) is 24.3 Å². The third-order valence-corrected chi connectivity index (χ3v) is 6.51. The van der Waals surface area contributed by atoms with Gasteiger partial charge in [-0.25, -0.2) is 0 Å². The Bertz CT molecular complexity index is 1370. The molecular weight excluding hydrogens is 474 g/mol. The minimum absolute atomic E-state index is 0.00740. The average Bonchev–Trinajstić information content (AvgIpc) is 2.92. The lowest BCUT2D eigenvalue weighted by Gasteiger charge is -2.38. The summed E-state index contributed by atoms with van der Waals surface area (Å²) >= 11 is 0. The summed E-state index contributed by atoms with van der Waals surface area (Å²) in [6, 6.07) is 13.1. The number of amides is 1. The number of allylic oxidation sites excluding steroid dienone is 1. The molecule has 2 aromatic carbocycles. The molecule has 1 amide bonds. The highest BCUT2D eigenvalue weighted by molar-refractivity contribution is 5.77. The van der Waals surface area contributed by atoms with Crippen LogP contribution in [0.4, 0.5) is 0 Å². The van der Waals surface area contributed by atoms with Crippen LogP contribution in [0.25, 0.3) is 6.08 Å². The van der Waals surface area contributed by atoms with Gasteiger partial charge in [-0.05, 0) is 24.3 Å². The molecule has 0 radical (unpaired) electrons. The van der Waals surface area contributed by atoms with Crippen molar-refractivity contribution < 1.29 is 28.5 Å². The highest BCUT2D eigenvalue weighted by Gasteiger charge is 2.39. The summed E-state index contributed by atoms with van der Waals surface area (Å²) < 4.78 is 28.0. The Morgan fingerprint density at radius 2 is 1.68 bits per heavy atom. The van der Waals surface area contributed by atoms with E-state index in [9.17, 15) is 10.1 Å². The number of benzene rings is 2. The number of hydrogen-bond donors (Lipinski definition) is 1. The van der Waals surface area contributed by atoms with Crippen LogP contribution in [0.5, 0.6) is 23.0 Å². The first kappa shape index (κ1) is 25.5. The lowest BCUT2D eigenvalue weighted by atomic mass is 9.79. The molecule has 9 nitrogen and oxygen atoms in total. The van der Waals surface area contributed by atoms with Crippen LogP contribution in [0.1, 0.15) is 24.0 Å². The summed E-state index contributed by atoms with van der Waals surface area (Å²) in [6.07, 6.45) is 1.90. The van der Waals surface area contributed by atoms with Crippen LogP contribution in [0, 0.1) is 11.3 Å². The van der Waals surface area contributed by atoms with Crippen LogP contribution in [-0.2, 0) is 9.53 Å². The van der Waals surface area contributed by atoms with Crippen LogP contribution in [0.15, 0.2) is 64.8 Å². The van der Waals surface area contributed by atoms with Gasteiger partial charge in [0.15, 0.2) is 0 Å². The van der Waals surface area contributed by atoms with E-state index in [0.29, 0.717) is 40.9 Å². The maximum Gasteiger partial charge on any atom is 0.220 e. The van der Waals surface area contributed by atoms with Crippen LogP contribution < -0.4 is 24.7 Å². The van der Waals surface area contributed by atoms with Gasteiger partial charge in [-0.2, -0.15) is 5.26 Å². The molecule has 37 heavy (non-hydrogen) atoms. The molecular formula is C28H29N3O6. The average molecular weight is 504 g/mol. The predicted octanol–water partition coefficient (Wildman–Crippen LogP) is 3.73. The maximum atomic E-state index is 12.6. The summed E-state index contributed by atoms with van der Waals surface area (Å²) in [5, 5.41) is 10.1. The number of methoxy groups -OCH3 is 4. The molecule has 2 N–H and O–H groups in total. The third kappa shape index (κ3) is 4.78. The van der Waals surface area contributed by atoms with Gasteiger partial charge in [0.25, 0.3) is 0 Å². The number of nitrogens with two attached hydrogens (primary N) is 1. The van der Waals surface area contributed by atoms with Gasteiger partial charge < -0.3 is 34.3 Å². The second-order valence-electron chi connectivity index (χ2n) is 8.54. The molecule has 9 heteroatoms. The zero-order chi connectivity index (χ0) is 26.7. The number of carbonyl (C=O) groups excluding carboxylic acids is 1. The lowest BCUT2D eigenvalue weighted by molar-refractivity contribution is -0.128. The summed E-state index contributed by atoms with van der Waals surface area (Å²) in [6.45, 7) is 2.07. The molecule has 0 fully saturated rings. The van der Waals surface area contributed by atoms with Gasteiger partial charge >= 0.3 is 0 Å². The predicted molar refractivity (Wildman–Crippen MR) is 137 cm³/mol. The molecule has 1 atom stereocenters.